The molecule has 0 saturated carbocycles. The third kappa shape index (κ3) is 2.29. The summed E-state index contributed by atoms with van der Waals surface area (Å²) in [5.74, 6) is 0. The molecule has 1 N–H and O–H groups in total. The first-order valence-corrected chi connectivity index (χ1v) is 7.16. The topological polar surface area (TPSA) is 31.9 Å². The summed E-state index contributed by atoms with van der Waals surface area (Å²) < 4.78 is 13.2. The molecule has 3 rings (SSSR count). The molecule has 2 aromatic rings. The standard InChI is InChI=1S/C15H17ClFN3/c1-9-12(7-13-14(16)8-18-15(13)19-9)10(2)20-5-3-11(17)4-6-20/h7-8,11H,2-6H2,1H3,(H,18,19). The van der Waals surface area contributed by atoms with Crippen LogP contribution in [0.1, 0.15) is 24.1 Å². The summed E-state index contributed by atoms with van der Waals surface area (Å²) in [5, 5.41) is 1.55. The lowest BCUT2D eigenvalue weighted by molar-refractivity contribution is 0.197. The highest BCUT2D eigenvalue weighted by atomic mass is 35.5. The van der Waals surface area contributed by atoms with Gasteiger partial charge in [0.1, 0.15) is 11.8 Å². The maximum absolute atomic E-state index is 13.2. The minimum absolute atomic E-state index is 0.568. The van der Waals surface area contributed by atoms with Crippen molar-refractivity contribution in [2.24, 2.45) is 0 Å². The number of hydrogen-bond donors (Lipinski definition) is 1. The van der Waals surface area contributed by atoms with E-state index in [0.29, 0.717) is 31.0 Å². The van der Waals surface area contributed by atoms with E-state index in [1.807, 2.05) is 13.0 Å². The number of likely N-dealkylation sites (tertiary alicyclic amines) is 1. The van der Waals surface area contributed by atoms with E-state index in [2.05, 4.69) is 21.4 Å². The lowest BCUT2D eigenvalue weighted by Crippen LogP contribution is -2.33. The molecule has 0 radical (unpaired) electrons. The molecular formula is C15H17ClFN3. The Morgan fingerprint density at radius 2 is 2.20 bits per heavy atom. The van der Waals surface area contributed by atoms with E-state index in [-0.39, 0.29) is 0 Å². The predicted molar refractivity (Wildman–Crippen MR) is 80.6 cm³/mol. The van der Waals surface area contributed by atoms with Crippen LogP contribution in [0.25, 0.3) is 16.7 Å². The van der Waals surface area contributed by atoms with E-state index in [4.69, 9.17) is 11.6 Å². The van der Waals surface area contributed by atoms with Crippen molar-refractivity contribution in [1.82, 2.24) is 14.9 Å². The quantitative estimate of drug-likeness (QED) is 0.910. The fourth-order valence-electron chi connectivity index (χ4n) is 2.69. The Kier molecular flexibility index (Phi) is 3.42. The van der Waals surface area contributed by atoms with Crippen molar-refractivity contribution < 1.29 is 4.39 Å². The SMILES string of the molecule is C=C(c1cc2c(Cl)c[nH]c2nc1C)N1CCC(F)CC1. The molecule has 0 unspecified atom stereocenters. The Bertz CT molecular complexity index is 656. The molecule has 2 aromatic heterocycles. The molecule has 0 aliphatic carbocycles. The third-order valence-electron chi connectivity index (χ3n) is 3.92. The van der Waals surface area contributed by atoms with Crippen molar-refractivity contribution in [2.75, 3.05) is 13.1 Å². The zero-order chi connectivity index (χ0) is 14.3. The van der Waals surface area contributed by atoms with Gasteiger partial charge in [0.2, 0.25) is 0 Å². The number of rotatable bonds is 2. The fourth-order valence-corrected chi connectivity index (χ4v) is 2.89. The molecule has 5 heteroatoms. The van der Waals surface area contributed by atoms with Crippen LogP contribution in [0.4, 0.5) is 4.39 Å². The number of hydrogen-bond acceptors (Lipinski definition) is 2. The van der Waals surface area contributed by atoms with Crippen molar-refractivity contribution in [2.45, 2.75) is 25.9 Å². The number of halogens is 2. The molecule has 1 aliphatic heterocycles. The van der Waals surface area contributed by atoms with Gasteiger partial charge in [0.25, 0.3) is 0 Å². The van der Waals surface area contributed by atoms with Crippen molar-refractivity contribution >= 4 is 28.3 Å². The van der Waals surface area contributed by atoms with Crippen LogP contribution >= 0.6 is 11.6 Å². The van der Waals surface area contributed by atoms with E-state index in [0.717, 1.165) is 28.0 Å². The molecule has 106 valence electrons. The summed E-state index contributed by atoms with van der Waals surface area (Å²) in [4.78, 5) is 9.70. The van der Waals surface area contributed by atoms with E-state index < -0.39 is 6.17 Å². The number of piperidine rings is 1. The van der Waals surface area contributed by atoms with E-state index in [9.17, 15) is 4.39 Å². The first-order valence-electron chi connectivity index (χ1n) is 6.79. The minimum Gasteiger partial charge on any atom is -0.371 e. The third-order valence-corrected chi connectivity index (χ3v) is 4.24. The van der Waals surface area contributed by atoms with Gasteiger partial charge in [-0.25, -0.2) is 9.37 Å². The van der Waals surface area contributed by atoms with Crippen LogP contribution in [-0.4, -0.2) is 34.1 Å². The molecule has 1 saturated heterocycles. The predicted octanol–water partition coefficient (Wildman–Crippen LogP) is 3.93. The van der Waals surface area contributed by atoms with Gasteiger partial charge in [-0.2, -0.15) is 0 Å². The number of pyridine rings is 1. The molecule has 0 amide bonds. The highest BCUT2D eigenvalue weighted by Crippen LogP contribution is 2.29. The molecule has 1 fully saturated rings. The molecule has 1 aliphatic rings. The number of nitrogens with zero attached hydrogens (tertiary/aromatic N) is 2. The largest absolute Gasteiger partial charge is 0.371 e. The molecule has 0 atom stereocenters. The lowest BCUT2D eigenvalue weighted by atomic mass is 10.0. The van der Waals surface area contributed by atoms with E-state index in [1.54, 1.807) is 6.20 Å². The smallest absolute Gasteiger partial charge is 0.139 e. The first-order chi connectivity index (χ1) is 9.56. The Morgan fingerprint density at radius 3 is 2.90 bits per heavy atom. The maximum Gasteiger partial charge on any atom is 0.139 e. The molecule has 3 nitrogen and oxygen atoms in total. The zero-order valence-corrected chi connectivity index (χ0v) is 12.2. The van der Waals surface area contributed by atoms with Gasteiger partial charge >= 0.3 is 0 Å². The zero-order valence-electron chi connectivity index (χ0n) is 11.4. The Balaban J connectivity index is 1.94. The van der Waals surface area contributed by atoms with Crippen LogP contribution in [0, 0.1) is 6.92 Å². The van der Waals surface area contributed by atoms with Gasteiger partial charge in [0.05, 0.1) is 5.02 Å². The van der Waals surface area contributed by atoms with Gasteiger partial charge in [-0.1, -0.05) is 18.2 Å². The molecule has 0 spiro atoms. The normalized spacial score (nSPS) is 16.9. The second-order valence-corrected chi connectivity index (χ2v) is 5.67. The Morgan fingerprint density at radius 1 is 1.50 bits per heavy atom. The number of H-pyrrole nitrogens is 1. The second-order valence-electron chi connectivity index (χ2n) is 5.26. The summed E-state index contributed by atoms with van der Waals surface area (Å²) in [6.07, 6.45) is 2.19. The number of aromatic amines is 1. The fraction of sp³-hybridized carbons (Fsp3) is 0.400. The second kappa shape index (κ2) is 5.09. The average Bonchev–Trinajstić information content (AvgIpc) is 2.79. The average molecular weight is 294 g/mol. The van der Waals surface area contributed by atoms with Gasteiger partial charge in [0.15, 0.2) is 0 Å². The number of nitrogens with one attached hydrogen (secondary N) is 1. The van der Waals surface area contributed by atoms with Crippen molar-refractivity contribution in [3.8, 4) is 0 Å². The summed E-state index contributed by atoms with van der Waals surface area (Å²) in [7, 11) is 0. The van der Waals surface area contributed by atoms with Crippen LogP contribution in [0.3, 0.4) is 0 Å². The minimum atomic E-state index is -0.681. The van der Waals surface area contributed by atoms with Gasteiger partial charge in [-0.15, -0.1) is 0 Å². The lowest BCUT2D eigenvalue weighted by Gasteiger charge is -2.32. The van der Waals surface area contributed by atoms with Crippen molar-refractivity contribution in [1.29, 1.82) is 0 Å². The summed E-state index contributed by atoms with van der Waals surface area (Å²) in [6, 6.07) is 2.01. The monoisotopic (exact) mass is 293 g/mol. The van der Waals surface area contributed by atoms with Crippen molar-refractivity contribution in [3.63, 3.8) is 0 Å². The molecule has 3 heterocycles. The van der Waals surface area contributed by atoms with Crippen LogP contribution in [-0.2, 0) is 0 Å². The van der Waals surface area contributed by atoms with Crippen LogP contribution < -0.4 is 0 Å². The Hall–Kier alpha value is -1.55. The van der Waals surface area contributed by atoms with Crippen LogP contribution in [0.5, 0.6) is 0 Å². The molecular weight excluding hydrogens is 277 g/mol. The van der Waals surface area contributed by atoms with Crippen LogP contribution in [0.2, 0.25) is 5.02 Å². The van der Waals surface area contributed by atoms with Crippen LogP contribution in [0.15, 0.2) is 18.8 Å². The maximum atomic E-state index is 13.2. The summed E-state index contributed by atoms with van der Waals surface area (Å²) in [6.45, 7) is 7.53. The summed E-state index contributed by atoms with van der Waals surface area (Å²) in [5.41, 5.74) is 3.58. The van der Waals surface area contributed by atoms with Gasteiger partial charge in [-0.05, 0) is 25.8 Å². The highest BCUT2D eigenvalue weighted by molar-refractivity contribution is 6.35. The van der Waals surface area contributed by atoms with Gasteiger partial charge < -0.3 is 9.88 Å². The van der Waals surface area contributed by atoms with Gasteiger partial charge in [0, 0.05) is 41.6 Å². The highest BCUT2D eigenvalue weighted by Gasteiger charge is 2.21. The number of alkyl halides is 1. The number of aryl methyl sites for hydroxylation is 1. The molecule has 20 heavy (non-hydrogen) atoms. The van der Waals surface area contributed by atoms with E-state index in [1.165, 1.54) is 0 Å². The summed E-state index contributed by atoms with van der Waals surface area (Å²) >= 11 is 6.14. The molecule has 0 aromatic carbocycles. The molecule has 0 bridgehead atoms. The number of fused-ring (bicyclic) bond motifs is 1. The van der Waals surface area contributed by atoms with E-state index >= 15 is 0 Å². The Labute approximate surface area is 122 Å². The van der Waals surface area contributed by atoms with Gasteiger partial charge in [-0.3, -0.25) is 0 Å². The number of aromatic nitrogens is 2. The first kappa shape index (κ1) is 13.4. The van der Waals surface area contributed by atoms with Crippen molar-refractivity contribution in [3.05, 3.63) is 35.1 Å².